The predicted octanol–water partition coefficient (Wildman–Crippen LogP) is 3.19. The van der Waals surface area contributed by atoms with Gasteiger partial charge in [-0.25, -0.2) is 0 Å². The van der Waals surface area contributed by atoms with E-state index >= 15 is 0 Å². The Morgan fingerprint density at radius 2 is 1.92 bits per heavy atom. The van der Waals surface area contributed by atoms with E-state index in [0.717, 1.165) is 24.8 Å². The molecule has 2 saturated heterocycles. The Labute approximate surface area is 221 Å². The van der Waals surface area contributed by atoms with E-state index in [1.54, 1.807) is 30.9 Å². The summed E-state index contributed by atoms with van der Waals surface area (Å²) < 4.78 is 12.4. The zero-order valence-corrected chi connectivity index (χ0v) is 22.1. The number of halogens is 1. The average Bonchev–Trinajstić information content (AvgIpc) is 3.20. The van der Waals surface area contributed by atoms with Crippen LogP contribution < -0.4 is 4.90 Å². The number of nitrogens with zero attached hydrogens (tertiary/aromatic N) is 2. The highest BCUT2D eigenvalue weighted by Gasteiger charge is 2.75. The lowest BCUT2D eigenvalue weighted by molar-refractivity contribution is -0.159. The number of para-hydroxylation sites is 1. The van der Waals surface area contributed by atoms with Gasteiger partial charge in [-0.2, -0.15) is 0 Å². The van der Waals surface area contributed by atoms with Crippen LogP contribution in [0.3, 0.4) is 0 Å². The molecule has 1 N–H and O–H groups in total. The van der Waals surface area contributed by atoms with Crippen molar-refractivity contribution in [2.75, 3.05) is 24.7 Å². The van der Waals surface area contributed by atoms with Crippen LogP contribution in [0, 0.1) is 18.8 Å². The van der Waals surface area contributed by atoms with E-state index < -0.39 is 47.0 Å². The molecule has 4 heterocycles. The largest absolute Gasteiger partial charge is 0.465 e. The molecule has 9 heteroatoms. The van der Waals surface area contributed by atoms with E-state index in [1.807, 2.05) is 37.3 Å². The maximum Gasteiger partial charge on any atom is 0.313 e. The molecular weight excluding hydrogens is 496 g/mol. The number of anilines is 1. The number of carbonyl (C=O) groups excluding carboxylic acids is 3. The molecule has 1 aromatic rings. The first-order valence-electron chi connectivity index (χ1n) is 12.9. The second-order valence-electron chi connectivity index (χ2n) is 10.6. The number of cyclic esters (lactones) is 1. The lowest BCUT2D eigenvalue weighted by atomic mass is 9.74. The Hall–Kier alpha value is -2.68. The number of hydrogen-bond acceptors (Lipinski definition) is 6. The summed E-state index contributed by atoms with van der Waals surface area (Å²) in [4.78, 5) is 45.0. The van der Waals surface area contributed by atoms with Gasteiger partial charge in [-0.3, -0.25) is 14.4 Å². The Balaban J connectivity index is 1.68. The summed E-state index contributed by atoms with van der Waals surface area (Å²) >= 11 is 6.56. The predicted molar refractivity (Wildman–Crippen MR) is 138 cm³/mol. The number of aryl methyl sites for hydroxylation is 1. The van der Waals surface area contributed by atoms with Gasteiger partial charge in [-0.05, 0) is 51.7 Å². The van der Waals surface area contributed by atoms with E-state index in [2.05, 4.69) is 0 Å². The van der Waals surface area contributed by atoms with Gasteiger partial charge in [0.05, 0.1) is 41.5 Å². The van der Waals surface area contributed by atoms with E-state index in [9.17, 15) is 19.5 Å². The molecule has 0 radical (unpaired) electrons. The number of hydrogen-bond donors (Lipinski definition) is 1. The number of benzene rings is 1. The van der Waals surface area contributed by atoms with E-state index in [-0.39, 0.29) is 25.7 Å². The van der Waals surface area contributed by atoms with Crippen LogP contribution in [0.1, 0.15) is 38.7 Å². The lowest BCUT2D eigenvalue weighted by Crippen LogP contribution is -2.58. The number of rotatable bonds is 3. The lowest BCUT2D eigenvalue weighted by Gasteiger charge is -2.39. The van der Waals surface area contributed by atoms with Crippen LogP contribution in [-0.4, -0.2) is 70.8 Å². The van der Waals surface area contributed by atoms with Gasteiger partial charge < -0.3 is 24.4 Å². The SMILES string of the molecule is Cc1cccc(Cl)c1N1CC=C[C@]23O[C@]4(C)/C=C\CCCCOC(=O)[C@@H]4[C@H]2C(=O)N([C@H](C)CO)C3C1=O. The number of esters is 1. The van der Waals surface area contributed by atoms with Crippen molar-refractivity contribution in [2.24, 2.45) is 11.8 Å². The number of aliphatic hydroxyl groups excluding tert-OH is 1. The van der Waals surface area contributed by atoms with Crippen LogP contribution in [0.25, 0.3) is 0 Å². The minimum absolute atomic E-state index is 0.217. The van der Waals surface area contributed by atoms with Crippen molar-refractivity contribution >= 4 is 35.1 Å². The Bertz CT molecular complexity index is 1160. The van der Waals surface area contributed by atoms with Crippen LogP contribution >= 0.6 is 11.6 Å². The summed E-state index contributed by atoms with van der Waals surface area (Å²) in [5, 5.41) is 10.5. The third-order valence-electron chi connectivity index (χ3n) is 8.14. The second-order valence-corrected chi connectivity index (χ2v) is 11.0. The molecule has 1 spiro atoms. The molecule has 5 rings (SSSR count). The van der Waals surface area contributed by atoms with Crippen molar-refractivity contribution in [3.8, 4) is 0 Å². The maximum absolute atomic E-state index is 14.4. The van der Waals surface area contributed by atoms with Crippen LogP contribution in [0.4, 0.5) is 5.69 Å². The fraction of sp³-hybridized carbons (Fsp3) is 0.536. The van der Waals surface area contributed by atoms with Gasteiger partial charge in [-0.15, -0.1) is 0 Å². The van der Waals surface area contributed by atoms with Gasteiger partial charge in [0.15, 0.2) is 0 Å². The molecule has 0 aliphatic carbocycles. The molecule has 0 bridgehead atoms. The third-order valence-corrected chi connectivity index (χ3v) is 8.44. The van der Waals surface area contributed by atoms with Gasteiger partial charge in [0, 0.05) is 6.54 Å². The van der Waals surface area contributed by atoms with Crippen LogP contribution in [0.2, 0.25) is 5.02 Å². The molecule has 0 aromatic heterocycles. The number of allylic oxidation sites excluding steroid dienone is 1. The van der Waals surface area contributed by atoms with Gasteiger partial charge in [0.1, 0.15) is 17.6 Å². The number of likely N-dealkylation sites (tertiary alicyclic amines) is 1. The minimum Gasteiger partial charge on any atom is -0.465 e. The van der Waals surface area contributed by atoms with Crippen LogP contribution in [0.5, 0.6) is 0 Å². The summed E-state index contributed by atoms with van der Waals surface area (Å²) in [7, 11) is 0. The molecule has 1 aromatic carbocycles. The Kier molecular flexibility index (Phi) is 6.71. The topological polar surface area (TPSA) is 96.4 Å². The van der Waals surface area contributed by atoms with Gasteiger partial charge in [-0.1, -0.05) is 48.0 Å². The van der Waals surface area contributed by atoms with Gasteiger partial charge in [0.2, 0.25) is 5.91 Å². The van der Waals surface area contributed by atoms with Gasteiger partial charge >= 0.3 is 5.97 Å². The van der Waals surface area contributed by atoms with E-state index in [1.165, 1.54) is 4.90 Å². The summed E-state index contributed by atoms with van der Waals surface area (Å²) in [5.74, 6) is -3.22. The summed E-state index contributed by atoms with van der Waals surface area (Å²) in [6, 6.07) is 3.63. The smallest absolute Gasteiger partial charge is 0.313 e. The van der Waals surface area contributed by atoms with E-state index in [4.69, 9.17) is 21.1 Å². The molecule has 2 fully saturated rings. The Morgan fingerprint density at radius 3 is 2.65 bits per heavy atom. The molecule has 37 heavy (non-hydrogen) atoms. The van der Waals surface area contributed by atoms with Crippen molar-refractivity contribution in [1.29, 1.82) is 0 Å². The first kappa shape index (κ1) is 25.9. The molecule has 4 aliphatic heterocycles. The van der Waals surface area contributed by atoms with Crippen molar-refractivity contribution in [2.45, 2.75) is 63.3 Å². The molecule has 1 unspecified atom stereocenters. The van der Waals surface area contributed by atoms with Crippen LogP contribution in [0.15, 0.2) is 42.5 Å². The molecule has 0 saturated carbocycles. The standard InChI is InChI=1S/C28H33ClN2O6/c1-17-10-8-11-19(29)22(17)30-14-9-13-28-20(24(33)31(18(2)16-32)23(28)25(30)34)21-26(35)36-15-7-5-4-6-12-27(21,3)37-28/h6,8-13,18,20-21,23,32H,4-5,7,14-16H2,1-3H3/b12-6-/t18-,20+,21+,23?,27-,28+/m1/s1. The molecule has 6 atom stereocenters. The number of fused-ring (bicyclic) bond motifs is 2. The first-order valence-corrected chi connectivity index (χ1v) is 13.3. The number of carbonyl (C=O) groups is 3. The molecular formula is C28H33ClN2O6. The summed E-state index contributed by atoms with van der Waals surface area (Å²) in [6.07, 6.45) is 9.80. The van der Waals surface area contributed by atoms with Crippen LogP contribution in [-0.2, 0) is 23.9 Å². The third kappa shape index (κ3) is 3.92. The Morgan fingerprint density at radius 1 is 1.14 bits per heavy atom. The highest BCUT2D eigenvalue weighted by molar-refractivity contribution is 6.34. The van der Waals surface area contributed by atoms with Crippen molar-refractivity contribution in [3.63, 3.8) is 0 Å². The fourth-order valence-corrected chi connectivity index (χ4v) is 6.79. The minimum atomic E-state index is -1.42. The second kappa shape index (κ2) is 9.57. The normalized spacial score (nSPS) is 35.4. The monoisotopic (exact) mass is 528 g/mol. The van der Waals surface area contributed by atoms with E-state index in [0.29, 0.717) is 10.7 Å². The average molecular weight is 529 g/mol. The number of aliphatic hydroxyl groups is 1. The van der Waals surface area contributed by atoms with Crippen molar-refractivity contribution in [3.05, 3.63) is 53.1 Å². The summed E-state index contributed by atoms with van der Waals surface area (Å²) in [5.41, 5.74) is -1.20. The number of amides is 2. The summed E-state index contributed by atoms with van der Waals surface area (Å²) in [6.45, 7) is 5.48. The molecule has 4 aliphatic rings. The zero-order chi connectivity index (χ0) is 26.5. The fourth-order valence-electron chi connectivity index (χ4n) is 6.46. The molecule has 198 valence electrons. The highest BCUT2D eigenvalue weighted by atomic mass is 35.5. The maximum atomic E-state index is 14.4. The van der Waals surface area contributed by atoms with Crippen molar-refractivity contribution in [1.82, 2.24) is 4.90 Å². The first-order chi connectivity index (χ1) is 17.7. The highest BCUT2D eigenvalue weighted by Crippen LogP contribution is 2.57. The van der Waals surface area contributed by atoms with Crippen molar-refractivity contribution < 1.29 is 29.0 Å². The quantitative estimate of drug-likeness (QED) is 0.478. The number of ether oxygens (including phenoxy) is 2. The molecule has 8 nitrogen and oxygen atoms in total. The van der Waals surface area contributed by atoms with Gasteiger partial charge in [0.25, 0.3) is 5.91 Å². The molecule has 2 amide bonds. The zero-order valence-electron chi connectivity index (χ0n) is 21.4.